The highest BCUT2D eigenvalue weighted by Gasteiger charge is 2.43. The summed E-state index contributed by atoms with van der Waals surface area (Å²) in [6, 6.07) is 0.0283. The fraction of sp³-hybridized carbons (Fsp3) is 0.786. The van der Waals surface area contributed by atoms with Crippen LogP contribution in [0.1, 0.15) is 57.6 Å². The van der Waals surface area contributed by atoms with Crippen LogP contribution < -0.4 is 11.3 Å². The second-order valence-electron chi connectivity index (χ2n) is 5.34. The Morgan fingerprint density at radius 2 is 2.21 bits per heavy atom. The van der Waals surface area contributed by atoms with Crippen molar-refractivity contribution in [2.75, 3.05) is 6.61 Å². The summed E-state index contributed by atoms with van der Waals surface area (Å²) in [5, 5.41) is 4.40. The van der Waals surface area contributed by atoms with E-state index in [1.807, 2.05) is 17.8 Å². The van der Waals surface area contributed by atoms with Gasteiger partial charge < -0.3 is 4.74 Å². The molecular formula is C14H26N4O. The molecule has 0 radical (unpaired) electrons. The quantitative estimate of drug-likeness (QED) is 0.586. The van der Waals surface area contributed by atoms with Gasteiger partial charge >= 0.3 is 0 Å². The number of ether oxygens (including phenoxy) is 1. The summed E-state index contributed by atoms with van der Waals surface area (Å²) in [6.45, 7) is 5.87. The summed E-state index contributed by atoms with van der Waals surface area (Å²) in [5.41, 5.74) is 3.93. The first-order valence-electron chi connectivity index (χ1n) is 7.38. The van der Waals surface area contributed by atoms with Crippen LogP contribution in [0.3, 0.4) is 0 Å². The third-order valence-electron chi connectivity index (χ3n) is 4.01. The minimum atomic E-state index is -0.163. The molecule has 1 saturated carbocycles. The lowest BCUT2D eigenvalue weighted by molar-refractivity contribution is -0.0627. The molecule has 1 aliphatic rings. The van der Waals surface area contributed by atoms with Crippen LogP contribution in [-0.4, -0.2) is 22.0 Å². The van der Waals surface area contributed by atoms with Crippen LogP contribution >= 0.6 is 0 Å². The van der Waals surface area contributed by atoms with Gasteiger partial charge in [0.05, 0.1) is 17.8 Å². The Balaban J connectivity index is 2.20. The minimum absolute atomic E-state index is 0.0283. The molecule has 0 spiro atoms. The Morgan fingerprint density at radius 3 is 2.79 bits per heavy atom. The summed E-state index contributed by atoms with van der Waals surface area (Å²) in [4.78, 5) is 0. The molecule has 1 unspecified atom stereocenters. The van der Waals surface area contributed by atoms with Gasteiger partial charge in [-0.05, 0) is 26.2 Å². The molecule has 0 amide bonds. The molecule has 0 aromatic carbocycles. The number of rotatable bonds is 7. The monoisotopic (exact) mass is 266 g/mol. The van der Waals surface area contributed by atoms with Gasteiger partial charge in [-0.15, -0.1) is 0 Å². The molecule has 0 saturated heterocycles. The smallest absolute Gasteiger partial charge is 0.0890 e. The van der Waals surface area contributed by atoms with Crippen molar-refractivity contribution in [1.29, 1.82) is 0 Å². The second-order valence-corrected chi connectivity index (χ2v) is 5.34. The zero-order valence-electron chi connectivity index (χ0n) is 12.1. The van der Waals surface area contributed by atoms with Gasteiger partial charge in [-0.2, -0.15) is 5.10 Å². The Morgan fingerprint density at radius 1 is 1.47 bits per heavy atom. The summed E-state index contributed by atoms with van der Waals surface area (Å²) >= 11 is 0. The average Bonchev–Trinajstić information content (AvgIpc) is 3.02. The van der Waals surface area contributed by atoms with Gasteiger partial charge in [-0.25, -0.2) is 5.43 Å². The lowest BCUT2D eigenvalue weighted by Gasteiger charge is -2.36. The van der Waals surface area contributed by atoms with Gasteiger partial charge in [0.15, 0.2) is 0 Å². The molecule has 1 aliphatic carbocycles. The minimum Gasteiger partial charge on any atom is -0.373 e. The first kappa shape index (κ1) is 14.5. The molecule has 1 fully saturated rings. The summed E-state index contributed by atoms with van der Waals surface area (Å²) in [6.07, 6.45) is 9.64. The van der Waals surface area contributed by atoms with E-state index in [1.165, 1.54) is 12.8 Å². The Hall–Kier alpha value is -0.910. The maximum absolute atomic E-state index is 6.09. The Kier molecular flexibility index (Phi) is 4.96. The van der Waals surface area contributed by atoms with Gasteiger partial charge in [0.25, 0.3) is 0 Å². The standard InChI is InChI=1S/C14H26N4O/c1-3-9-18-11-12(10-16-18)13(17-15)14(19-4-2)7-5-6-8-14/h10-11,13,17H,3-9,15H2,1-2H3. The summed E-state index contributed by atoms with van der Waals surface area (Å²) in [7, 11) is 0. The van der Waals surface area contributed by atoms with E-state index in [1.54, 1.807) is 0 Å². The fourth-order valence-electron chi connectivity index (χ4n) is 3.21. The van der Waals surface area contributed by atoms with Crippen molar-refractivity contribution in [3.63, 3.8) is 0 Å². The number of aryl methyl sites for hydroxylation is 1. The lowest BCUT2D eigenvalue weighted by atomic mass is 9.88. The molecular weight excluding hydrogens is 240 g/mol. The second kappa shape index (κ2) is 6.50. The normalized spacial score (nSPS) is 19.7. The van der Waals surface area contributed by atoms with E-state index < -0.39 is 0 Å². The van der Waals surface area contributed by atoms with E-state index in [2.05, 4.69) is 23.6 Å². The van der Waals surface area contributed by atoms with Gasteiger partial charge in [0, 0.05) is 24.9 Å². The van der Waals surface area contributed by atoms with Crippen molar-refractivity contribution in [1.82, 2.24) is 15.2 Å². The third-order valence-corrected chi connectivity index (χ3v) is 4.01. The number of hydrazine groups is 1. The van der Waals surface area contributed by atoms with Crippen molar-refractivity contribution in [3.8, 4) is 0 Å². The highest BCUT2D eigenvalue weighted by molar-refractivity contribution is 5.17. The molecule has 2 rings (SSSR count). The number of hydrogen-bond donors (Lipinski definition) is 2. The molecule has 3 N–H and O–H groups in total. The lowest BCUT2D eigenvalue weighted by Crippen LogP contribution is -2.46. The zero-order valence-corrected chi connectivity index (χ0v) is 12.1. The van der Waals surface area contributed by atoms with E-state index in [0.29, 0.717) is 0 Å². The molecule has 0 bridgehead atoms. The molecule has 1 aromatic rings. The number of nitrogens with two attached hydrogens (primary N) is 1. The van der Waals surface area contributed by atoms with Crippen molar-refractivity contribution in [2.45, 2.75) is 64.1 Å². The van der Waals surface area contributed by atoms with E-state index in [4.69, 9.17) is 10.6 Å². The van der Waals surface area contributed by atoms with Crippen LogP contribution in [0.5, 0.6) is 0 Å². The van der Waals surface area contributed by atoms with Crippen LogP contribution in [0.25, 0.3) is 0 Å². The van der Waals surface area contributed by atoms with Crippen molar-refractivity contribution in [3.05, 3.63) is 18.0 Å². The summed E-state index contributed by atoms with van der Waals surface area (Å²) < 4.78 is 8.07. The van der Waals surface area contributed by atoms with E-state index in [9.17, 15) is 0 Å². The zero-order chi connectivity index (χ0) is 13.7. The van der Waals surface area contributed by atoms with Crippen molar-refractivity contribution >= 4 is 0 Å². The first-order chi connectivity index (χ1) is 9.25. The van der Waals surface area contributed by atoms with Crippen LogP contribution in [0, 0.1) is 0 Å². The number of nitrogens with one attached hydrogen (secondary N) is 1. The van der Waals surface area contributed by atoms with Crippen LogP contribution in [0.2, 0.25) is 0 Å². The SMILES string of the molecule is CCCn1cc(C(NN)C2(OCC)CCCC2)cn1. The molecule has 1 atom stereocenters. The third kappa shape index (κ3) is 2.99. The van der Waals surface area contributed by atoms with Crippen molar-refractivity contribution in [2.24, 2.45) is 5.84 Å². The average molecular weight is 266 g/mol. The highest BCUT2D eigenvalue weighted by atomic mass is 16.5. The number of hydrogen-bond acceptors (Lipinski definition) is 4. The Bertz CT molecular complexity index is 385. The fourth-order valence-corrected chi connectivity index (χ4v) is 3.21. The number of aromatic nitrogens is 2. The van der Waals surface area contributed by atoms with Crippen LogP contribution in [0.4, 0.5) is 0 Å². The maximum atomic E-state index is 6.09. The molecule has 0 aliphatic heterocycles. The van der Waals surface area contributed by atoms with Gasteiger partial charge in [-0.3, -0.25) is 10.5 Å². The molecule has 5 nitrogen and oxygen atoms in total. The topological polar surface area (TPSA) is 65.1 Å². The van der Waals surface area contributed by atoms with Gasteiger partial charge in [0.2, 0.25) is 0 Å². The first-order valence-corrected chi connectivity index (χ1v) is 7.38. The largest absolute Gasteiger partial charge is 0.373 e. The predicted molar refractivity (Wildman–Crippen MR) is 75.4 cm³/mol. The molecule has 19 heavy (non-hydrogen) atoms. The van der Waals surface area contributed by atoms with Gasteiger partial charge in [-0.1, -0.05) is 19.8 Å². The highest BCUT2D eigenvalue weighted by Crippen LogP contribution is 2.42. The molecule has 1 aromatic heterocycles. The molecule has 1 heterocycles. The van der Waals surface area contributed by atoms with Crippen molar-refractivity contribution < 1.29 is 4.74 Å². The van der Waals surface area contributed by atoms with Crippen LogP contribution in [-0.2, 0) is 11.3 Å². The molecule has 108 valence electrons. The predicted octanol–water partition coefficient (Wildman–Crippen LogP) is 2.15. The van der Waals surface area contributed by atoms with Crippen LogP contribution in [0.15, 0.2) is 12.4 Å². The van der Waals surface area contributed by atoms with Gasteiger partial charge in [0.1, 0.15) is 0 Å². The molecule has 5 heteroatoms. The Labute approximate surface area is 115 Å². The van der Waals surface area contributed by atoms with E-state index in [0.717, 1.165) is 38.0 Å². The summed E-state index contributed by atoms with van der Waals surface area (Å²) in [5.74, 6) is 5.82. The van der Waals surface area contributed by atoms with E-state index >= 15 is 0 Å². The number of nitrogens with zero attached hydrogens (tertiary/aromatic N) is 2. The maximum Gasteiger partial charge on any atom is 0.0890 e. The van der Waals surface area contributed by atoms with E-state index in [-0.39, 0.29) is 11.6 Å².